The maximum Gasteiger partial charge on any atom is 0.244 e. The Hall–Kier alpha value is -1.65. The molecule has 1 aromatic carbocycles. The summed E-state index contributed by atoms with van der Waals surface area (Å²) < 4.78 is 5.80. The maximum absolute atomic E-state index is 11.8. The van der Waals surface area contributed by atoms with E-state index in [1.165, 1.54) is 11.1 Å². The number of ether oxygens (including phenoxy) is 1. The van der Waals surface area contributed by atoms with E-state index in [4.69, 9.17) is 4.74 Å². The first kappa shape index (κ1) is 17.7. The van der Waals surface area contributed by atoms with Crippen molar-refractivity contribution in [1.29, 1.82) is 0 Å². The van der Waals surface area contributed by atoms with E-state index in [9.17, 15) is 4.79 Å². The summed E-state index contributed by atoms with van der Waals surface area (Å²) in [5.41, 5.74) is 3.45. The zero-order valence-corrected chi connectivity index (χ0v) is 14.6. The number of benzene rings is 1. The second-order valence-corrected chi connectivity index (χ2v) is 6.66. The lowest BCUT2D eigenvalue weighted by atomic mass is 10.1. The van der Waals surface area contributed by atoms with E-state index in [0.717, 1.165) is 25.2 Å². The van der Waals surface area contributed by atoms with Crippen LogP contribution in [0.15, 0.2) is 35.9 Å². The summed E-state index contributed by atoms with van der Waals surface area (Å²) in [6.45, 7) is 11.4. The molecule has 1 heterocycles. The average Bonchev–Trinajstić information content (AvgIpc) is 2.44. The van der Waals surface area contributed by atoms with Crippen LogP contribution in [0.5, 0.6) is 0 Å². The Morgan fingerprint density at radius 1 is 1.22 bits per heavy atom. The lowest BCUT2D eigenvalue weighted by Crippen LogP contribution is -2.45. The quantitative estimate of drug-likeness (QED) is 0.849. The fraction of sp³-hybridized carbons (Fsp3) is 0.526. The van der Waals surface area contributed by atoms with Crippen LogP contribution >= 0.6 is 0 Å². The number of nitrogens with zero attached hydrogens (tertiary/aromatic N) is 1. The summed E-state index contributed by atoms with van der Waals surface area (Å²) in [7, 11) is 0. The molecular weight excluding hydrogens is 288 g/mol. The molecule has 0 saturated carbocycles. The van der Waals surface area contributed by atoms with Crippen molar-refractivity contribution >= 4 is 5.91 Å². The highest BCUT2D eigenvalue weighted by molar-refractivity contribution is 5.87. The highest BCUT2D eigenvalue weighted by atomic mass is 16.5. The average molecular weight is 316 g/mol. The van der Waals surface area contributed by atoms with Gasteiger partial charge in [-0.2, -0.15) is 0 Å². The molecule has 23 heavy (non-hydrogen) atoms. The van der Waals surface area contributed by atoms with Crippen LogP contribution in [0, 0.1) is 0 Å². The Morgan fingerprint density at radius 2 is 1.83 bits per heavy atom. The van der Waals surface area contributed by atoms with Crippen LogP contribution in [-0.4, -0.2) is 36.1 Å². The van der Waals surface area contributed by atoms with Crippen LogP contribution in [0.2, 0.25) is 0 Å². The summed E-state index contributed by atoms with van der Waals surface area (Å²) in [5.74, 6) is -0.0339. The van der Waals surface area contributed by atoms with Gasteiger partial charge in [-0.25, -0.2) is 0 Å². The molecule has 0 aliphatic carbocycles. The molecular formula is C19H28N2O2. The fourth-order valence-corrected chi connectivity index (χ4v) is 3.03. The molecule has 0 unspecified atom stereocenters. The monoisotopic (exact) mass is 316 g/mol. The van der Waals surface area contributed by atoms with Gasteiger partial charge in [0.05, 0.1) is 12.2 Å². The van der Waals surface area contributed by atoms with Crippen molar-refractivity contribution in [3.05, 3.63) is 47.0 Å². The third kappa shape index (κ3) is 5.81. The van der Waals surface area contributed by atoms with Crippen LogP contribution < -0.4 is 5.32 Å². The van der Waals surface area contributed by atoms with Crippen LogP contribution in [-0.2, 0) is 22.6 Å². The van der Waals surface area contributed by atoms with Gasteiger partial charge in [0, 0.05) is 32.3 Å². The van der Waals surface area contributed by atoms with E-state index in [1.54, 1.807) is 6.08 Å². The number of nitrogens with one attached hydrogen (secondary N) is 1. The van der Waals surface area contributed by atoms with Crippen LogP contribution in [0.3, 0.4) is 0 Å². The number of amides is 1. The normalized spacial score (nSPS) is 21.7. The summed E-state index contributed by atoms with van der Waals surface area (Å²) in [6.07, 6.45) is 2.17. The molecule has 0 aromatic heterocycles. The Kier molecular flexibility index (Phi) is 6.37. The Morgan fingerprint density at radius 3 is 2.43 bits per heavy atom. The number of carbonyl (C=O) groups is 1. The summed E-state index contributed by atoms with van der Waals surface area (Å²) in [5, 5.41) is 2.97. The molecule has 1 aromatic rings. The Labute approximate surface area is 139 Å². The van der Waals surface area contributed by atoms with E-state index in [0.29, 0.717) is 6.54 Å². The van der Waals surface area contributed by atoms with Gasteiger partial charge >= 0.3 is 0 Å². The number of carbonyl (C=O) groups excluding carboxylic acids is 1. The zero-order chi connectivity index (χ0) is 16.8. The van der Waals surface area contributed by atoms with E-state index in [-0.39, 0.29) is 18.1 Å². The molecule has 0 radical (unpaired) electrons. The molecule has 4 nitrogen and oxygen atoms in total. The largest absolute Gasteiger partial charge is 0.373 e. The zero-order valence-electron chi connectivity index (χ0n) is 14.6. The minimum absolute atomic E-state index is 0.0339. The summed E-state index contributed by atoms with van der Waals surface area (Å²) in [4.78, 5) is 14.2. The Bertz CT molecular complexity index is 554. The van der Waals surface area contributed by atoms with Gasteiger partial charge in [0.25, 0.3) is 0 Å². The molecule has 4 heteroatoms. The van der Waals surface area contributed by atoms with Gasteiger partial charge in [0.15, 0.2) is 0 Å². The number of morpholine rings is 1. The molecule has 1 fully saturated rings. The first-order valence-electron chi connectivity index (χ1n) is 8.31. The molecule has 0 spiro atoms. The molecule has 0 bridgehead atoms. The third-order valence-corrected chi connectivity index (χ3v) is 3.88. The lowest BCUT2D eigenvalue weighted by molar-refractivity contribution is -0.116. The Balaban J connectivity index is 2.00. The van der Waals surface area contributed by atoms with Crippen molar-refractivity contribution in [3.8, 4) is 0 Å². The summed E-state index contributed by atoms with van der Waals surface area (Å²) >= 11 is 0. The van der Waals surface area contributed by atoms with Crippen molar-refractivity contribution in [1.82, 2.24) is 10.2 Å². The van der Waals surface area contributed by atoms with Crippen LogP contribution in [0.1, 0.15) is 38.8 Å². The van der Waals surface area contributed by atoms with Gasteiger partial charge in [-0.15, -0.1) is 0 Å². The standard InChI is InChI=1S/C19H28N2O2/c1-14(2)9-19(22)20-10-17-7-5-6-8-18(17)13-21-11-15(3)23-16(4)12-21/h5-9,15-16H,10-13H2,1-4H3,(H,20,22)/t15-,16+. The van der Waals surface area contributed by atoms with Gasteiger partial charge in [-0.3, -0.25) is 9.69 Å². The van der Waals surface area contributed by atoms with Crippen molar-refractivity contribution in [2.24, 2.45) is 0 Å². The minimum Gasteiger partial charge on any atom is -0.373 e. The first-order chi connectivity index (χ1) is 10.9. The van der Waals surface area contributed by atoms with Crippen molar-refractivity contribution in [2.45, 2.75) is 53.0 Å². The number of hydrogen-bond acceptors (Lipinski definition) is 3. The van der Waals surface area contributed by atoms with Crippen molar-refractivity contribution in [2.75, 3.05) is 13.1 Å². The number of allylic oxidation sites excluding steroid dienone is 1. The second kappa shape index (κ2) is 8.27. The van der Waals surface area contributed by atoms with Crippen molar-refractivity contribution < 1.29 is 9.53 Å². The van der Waals surface area contributed by atoms with Crippen LogP contribution in [0.4, 0.5) is 0 Å². The van der Waals surface area contributed by atoms with Gasteiger partial charge in [-0.05, 0) is 38.8 Å². The van der Waals surface area contributed by atoms with Gasteiger partial charge < -0.3 is 10.1 Å². The van der Waals surface area contributed by atoms with E-state index >= 15 is 0 Å². The molecule has 2 atom stereocenters. The minimum atomic E-state index is -0.0339. The van der Waals surface area contributed by atoms with Crippen molar-refractivity contribution in [3.63, 3.8) is 0 Å². The lowest BCUT2D eigenvalue weighted by Gasteiger charge is -2.35. The molecule has 1 aliphatic rings. The van der Waals surface area contributed by atoms with Gasteiger partial charge in [0.2, 0.25) is 5.91 Å². The first-order valence-corrected chi connectivity index (χ1v) is 8.31. The van der Waals surface area contributed by atoms with Gasteiger partial charge in [-0.1, -0.05) is 29.8 Å². The highest BCUT2D eigenvalue weighted by Crippen LogP contribution is 2.17. The smallest absolute Gasteiger partial charge is 0.244 e. The van der Waals surface area contributed by atoms with E-state index in [1.807, 2.05) is 19.9 Å². The second-order valence-electron chi connectivity index (χ2n) is 6.66. The molecule has 1 aliphatic heterocycles. The summed E-state index contributed by atoms with van der Waals surface area (Å²) in [6, 6.07) is 8.32. The molecule has 1 saturated heterocycles. The highest BCUT2D eigenvalue weighted by Gasteiger charge is 2.22. The predicted octanol–water partition coefficient (Wildman–Crippen LogP) is 2.88. The SMILES string of the molecule is CC(C)=CC(=O)NCc1ccccc1CN1C[C@@H](C)O[C@@H](C)C1. The molecule has 2 rings (SSSR count). The predicted molar refractivity (Wildman–Crippen MR) is 93.0 cm³/mol. The number of rotatable bonds is 5. The van der Waals surface area contributed by atoms with E-state index < -0.39 is 0 Å². The van der Waals surface area contributed by atoms with E-state index in [2.05, 4.69) is 42.3 Å². The fourth-order valence-electron chi connectivity index (χ4n) is 3.03. The molecule has 126 valence electrons. The third-order valence-electron chi connectivity index (χ3n) is 3.88. The maximum atomic E-state index is 11.8. The number of hydrogen-bond donors (Lipinski definition) is 1. The topological polar surface area (TPSA) is 41.6 Å². The van der Waals surface area contributed by atoms with Gasteiger partial charge in [0.1, 0.15) is 0 Å². The molecule has 1 N–H and O–H groups in total. The molecule has 1 amide bonds. The van der Waals surface area contributed by atoms with Crippen LogP contribution in [0.25, 0.3) is 0 Å².